The molecule has 0 saturated carbocycles. The SMILES string of the molecule is CN(C)CCNc1ncc(C(=O)Nc2ccc(N(C)C)cc2)cn1. The molecule has 7 nitrogen and oxygen atoms in total. The lowest BCUT2D eigenvalue weighted by Crippen LogP contribution is -2.21. The van der Waals surface area contributed by atoms with Crippen molar-refractivity contribution in [3.8, 4) is 0 Å². The number of nitrogens with one attached hydrogen (secondary N) is 2. The molecule has 128 valence electrons. The lowest BCUT2D eigenvalue weighted by Gasteiger charge is -2.13. The van der Waals surface area contributed by atoms with Crippen LogP contribution in [0.2, 0.25) is 0 Å². The summed E-state index contributed by atoms with van der Waals surface area (Å²) in [7, 11) is 7.94. The maximum atomic E-state index is 12.2. The summed E-state index contributed by atoms with van der Waals surface area (Å²) in [5, 5.41) is 5.95. The van der Waals surface area contributed by atoms with Crippen LogP contribution in [0.1, 0.15) is 10.4 Å². The molecule has 0 saturated heterocycles. The highest BCUT2D eigenvalue weighted by atomic mass is 16.1. The first-order valence-corrected chi connectivity index (χ1v) is 7.75. The summed E-state index contributed by atoms with van der Waals surface area (Å²) in [5.74, 6) is 0.288. The normalized spacial score (nSPS) is 10.5. The van der Waals surface area contributed by atoms with E-state index in [1.54, 1.807) is 0 Å². The molecule has 0 radical (unpaired) electrons. The van der Waals surface area contributed by atoms with Crippen LogP contribution in [-0.4, -0.2) is 62.1 Å². The molecule has 0 atom stereocenters. The molecule has 0 aliphatic carbocycles. The quantitative estimate of drug-likeness (QED) is 0.807. The topological polar surface area (TPSA) is 73.4 Å². The number of rotatable bonds is 7. The van der Waals surface area contributed by atoms with Gasteiger partial charge >= 0.3 is 0 Å². The van der Waals surface area contributed by atoms with E-state index in [1.165, 1.54) is 12.4 Å². The Hall–Kier alpha value is -2.67. The van der Waals surface area contributed by atoms with E-state index < -0.39 is 0 Å². The monoisotopic (exact) mass is 328 g/mol. The first kappa shape index (κ1) is 17.7. The Kier molecular flexibility index (Phi) is 6.08. The molecule has 1 heterocycles. The molecule has 0 spiro atoms. The highest BCUT2D eigenvalue weighted by molar-refractivity contribution is 6.03. The van der Waals surface area contributed by atoms with Crippen molar-refractivity contribution in [2.45, 2.75) is 0 Å². The summed E-state index contributed by atoms with van der Waals surface area (Å²) in [5.41, 5.74) is 2.23. The van der Waals surface area contributed by atoms with E-state index in [1.807, 2.05) is 57.4 Å². The van der Waals surface area contributed by atoms with Gasteiger partial charge in [-0.25, -0.2) is 9.97 Å². The molecule has 0 fully saturated rings. The first-order chi connectivity index (χ1) is 11.5. The van der Waals surface area contributed by atoms with Crippen molar-refractivity contribution in [3.05, 3.63) is 42.2 Å². The van der Waals surface area contributed by atoms with Crippen molar-refractivity contribution >= 4 is 23.2 Å². The summed E-state index contributed by atoms with van der Waals surface area (Å²) in [6.07, 6.45) is 3.04. The van der Waals surface area contributed by atoms with Gasteiger partial charge in [0.2, 0.25) is 5.95 Å². The molecule has 0 aliphatic rings. The molecule has 7 heteroatoms. The van der Waals surface area contributed by atoms with Crippen molar-refractivity contribution in [1.29, 1.82) is 0 Å². The van der Waals surface area contributed by atoms with E-state index in [4.69, 9.17) is 0 Å². The van der Waals surface area contributed by atoms with Crippen LogP contribution in [0.15, 0.2) is 36.7 Å². The van der Waals surface area contributed by atoms with Gasteiger partial charge < -0.3 is 20.4 Å². The maximum absolute atomic E-state index is 12.2. The number of carbonyl (C=O) groups excluding carboxylic acids is 1. The van der Waals surface area contributed by atoms with Crippen LogP contribution in [0.4, 0.5) is 17.3 Å². The number of hydrogen-bond acceptors (Lipinski definition) is 6. The lowest BCUT2D eigenvalue weighted by atomic mass is 10.2. The van der Waals surface area contributed by atoms with Crippen LogP contribution in [0.3, 0.4) is 0 Å². The summed E-state index contributed by atoms with van der Waals surface area (Å²) >= 11 is 0. The van der Waals surface area contributed by atoms with Gasteiger partial charge in [-0.1, -0.05) is 0 Å². The van der Waals surface area contributed by atoms with E-state index in [-0.39, 0.29) is 5.91 Å². The fraction of sp³-hybridized carbons (Fsp3) is 0.353. The number of anilines is 3. The molecule has 0 bridgehead atoms. The van der Waals surface area contributed by atoms with Gasteiger partial charge in [-0.3, -0.25) is 4.79 Å². The molecular formula is C17H24N6O. The Bertz CT molecular complexity index is 652. The Labute approximate surface area is 142 Å². The van der Waals surface area contributed by atoms with Gasteiger partial charge in [-0.15, -0.1) is 0 Å². The zero-order valence-electron chi connectivity index (χ0n) is 14.6. The summed E-state index contributed by atoms with van der Waals surface area (Å²) in [6, 6.07) is 7.63. The molecule has 2 rings (SSSR count). The second-order valence-corrected chi connectivity index (χ2v) is 5.92. The molecule has 0 aliphatic heterocycles. The highest BCUT2D eigenvalue weighted by Crippen LogP contribution is 2.16. The minimum absolute atomic E-state index is 0.229. The van der Waals surface area contributed by atoms with Crippen molar-refractivity contribution in [2.24, 2.45) is 0 Å². The van der Waals surface area contributed by atoms with Crippen LogP contribution in [-0.2, 0) is 0 Å². The van der Waals surface area contributed by atoms with Crippen LogP contribution in [0, 0.1) is 0 Å². The van der Waals surface area contributed by atoms with Gasteiger partial charge in [0.15, 0.2) is 0 Å². The van der Waals surface area contributed by atoms with Gasteiger partial charge in [0, 0.05) is 51.0 Å². The Morgan fingerprint density at radius 3 is 2.21 bits per heavy atom. The predicted octanol–water partition coefficient (Wildman–Crippen LogP) is 1.77. The molecule has 1 aromatic heterocycles. The van der Waals surface area contributed by atoms with Gasteiger partial charge in [-0.05, 0) is 38.4 Å². The van der Waals surface area contributed by atoms with E-state index >= 15 is 0 Å². The summed E-state index contributed by atoms with van der Waals surface area (Å²) in [6.45, 7) is 1.63. The van der Waals surface area contributed by atoms with E-state index in [0.29, 0.717) is 11.5 Å². The fourth-order valence-corrected chi connectivity index (χ4v) is 1.97. The predicted molar refractivity (Wildman–Crippen MR) is 97.8 cm³/mol. The third kappa shape index (κ3) is 5.20. The Balaban J connectivity index is 1.92. The van der Waals surface area contributed by atoms with E-state index in [2.05, 4.69) is 25.5 Å². The minimum Gasteiger partial charge on any atom is -0.378 e. The second kappa shape index (κ2) is 8.26. The first-order valence-electron chi connectivity index (χ1n) is 7.75. The maximum Gasteiger partial charge on any atom is 0.258 e. The summed E-state index contributed by atoms with van der Waals surface area (Å²) in [4.78, 5) is 24.6. The molecule has 0 unspecified atom stereocenters. The van der Waals surface area contributed by atoms with E-state index in [0.717, 1.165) is 24.5 Å². The molecule has 2 aromatic rings. The van der Waals surface area contributed by atoms with Crippen molar-refractivity contribution < 1.29 is 4.79 Å². The summed E-state index contributed by atoms with van der Waals surface area (Å²) < 4.78 is 0. The molecule has 24 heavy (non-hydrogen) atoms. The number of carbonyl (C=O) groups is 1. The zero-order valence-corrected chi connectivity index (χ0v) is 14.6. The average molecular weight is 328 g/mol. The molecular weight excluding hydrogens is 304 g/mol. The Morgan fingerprint density at radius 1 is 1.04 bits per heavy atom. The number of likely N-dealkylation sites (N-methyl/N-ethyl adjacent to an activating group) is 1. The van der Waals surface area contributed by atoms with Crippen LogP contribution in [0.25, 0.3) is 0 Å². The van der Waals surface area contributed by atoms with Gasteiger partial charge in [0.1, 0.15) is 0 Å². The molecule has 1 amide bonds. The van der Waals surface area contributed by atoms with E-state index in [9.17, 15) is 4.79 Å². The molecule has 2 N–H and O–H groups in total. The molecule has 1 aromatic carbocycles. The standard InChI is InChI=1S/C17H24N6O/c1-22(2)10-9-18-17-19-11-13(12-20-17)16(24)21-14-5-7-15(8-6-14)23(3)4/h5-8,11-12H,9-10H2,1-4H3,(H,21,24)(H,18,19,20). The minimum atomic E-state index is -0.229. The Morgan fingerprint density at radius 2 is 1.67 bits per heavy atom. The van der Waals surface area contributed by atoms with Crippen LogP contribution < -0.4 is 15.5 Å². The second-order valence-electron chi connectivity index (χ2n) is 5.92. The largest absolute Gasteiger partial charge is 0.378 e. The highest BCUT2D eigenvalue weighted by Gasteiger charge is 2.08. The number of hydrogen-bond donors (Lipinski definition) is 2. The van der Waals surface area contributed by atoms with Crippen molar-refractivity contribution in [1.82, 2.24) is 14.9 Å². The fourth-order valence-electron chi connectivity index (χ4n) is 1.97. The van der Waals surface area contributed by atoms with Crippen molar-refractivity contribution in [2.75, 3.05) is 56.8 Å². The van der Waals surface area contributed by atoms with Gasteiger partial charge in [-0.2, -0.15) is 0 Å². The number of aromatic nitrogens is 2. The lowest BCUT2D eigenvalue weighted by molar-refractivity contribution is 0.102. The third-order valence-electron chi connectivity index (χ3n) is 3.40. The third-order valence-corrected chi connectivity index (χ3v) is 3.40. The van der Waals surface area contributed by atoms with Gasteiger partial charge in [0.05, 0.1) is 5.56 Å². The van der Waals surface area contributed by atoms with Crippen LogP contribution in [0.5, 0.6) is 0 Å². The van der Waals surface area contributed by atoms with Crippen molar-refractivity contribution in [3.63, 3.8) is 0 Å². The van der Waals surface area contributed by atoms with Crippen LogP contribution >= 0.6 is 0 Å². The average Bonchev–Trinajstić information content (AvgIpc) is 2.55. The smallest absolute Gasteiger partial charge is 0.258 e. The zero-order chi connectivity index (χ0) is 17.5. The number of amides is 1. The number of nitrogens with zero attached hydrogens (tertiary/aromatic N) is 4. The van der Waals surface area contributed by atoms with Gasteiger partial charge in [0.25, 0.3) is 5.91 Å². The number of benzene rings is 1.